The van der Waals surface area contributed by atoms with Gasteiger partial charge in [0, 0.05) is 10.2 Å². The van der Waals surface area contributed by atoms with Crippen LogP contribution in [0.1, 0.15) is 12.0 Å². The molecular weight excluding hydrogens is 270 g/mol. The molecule has 0 saturated heterocycles. The number of aryl methyl sites for hydroxylation is 1. The zero-order valence-electron chi connectivity index (χ0n) is 6.56. The Balaban J connectivity index is 2.75. The first-order chi connectivity index (χ1) is 5.74. The van der Waals surface area contributed by atoms with Crippen molar-refractivity contribution in [2.45, 2.75) is 12.8 Å². The number of rotatable bonds is 3. The van der Waals surface area contributed by atoms with Gasteiger partial charge in [-0.2, -0.15) is 0 Å². The first kappa shape index (κ1) is 9.92. The van der Waals surface area contributed by atoms with Gasteiger partial charge in [0.15, 0.2) is 0 Å². The van der Waals surface area contributed by atoms with Gasteiger partial charge in [-0.3, -0.25) is 0 Å². The van der Waals surface area contributed by atoms with Crippen molar-refractivity contribution in [2.24, 2.45) is 0 Å². The van der Waals surface area contributed by atoms with Crippen LogP contribution in [0.4, 0.5) is 4.39 Å². The zero-order valence-corrected chi connectivity index (χ0v) is 8.71. The van der Waals surface area contributed by atoms with E-state index in [-0.39, 0.29) is 12.4 Å². The van der Waals surface area contributed by atoms with Gasteiger partial charge >= 0.3 is 0 Å². The lowest BCUT2D eigenvalue weighted by Gasteiger charge is -2.01. The smallest absolute Gasteiger partial charge is 0.126 e. The maximum absolute atomic E-state index is 13.0. The van der Waals surface area contributed by atoms with Gasteiger partial charge in [0.05, 0.1) is 0 Å². The molecule has 1 rings (SSSR count). The Morgan fingerprint density at radius 1 is 1.42 bits per heavy atom. The lowest BCUT2D eigenvalue weighted by atomic mass is 10.1. The maximum Gasteiger partial charge on any atom is 0.126 e. The van der Waals surface area contributed by atoms with Crippen molar-refractivity contribution in [1.82, 2.24) is 0 Å². The molecule has 0 heterocycles. The summed E-state index contributed by atoms with van der Waals surface area (Å²) in [4.78, 5) is 0. The molecule has 1 aromatic rings. The summed E-state index contributed by atoms with van der Waals surface area (Å²) in [5.74, 6) is -0.177. The van der Waals surface area contributed by atoms with Crippen molar-refractivity contribution in [3.63, 3.8) is 0 Å². The molecule has 0 aliphatic carbocycles. The molecule has 0 aliphatic rings. The summed E-state index contributed by atoms with van der Waals surface area (Å²) in [6.07, 6.45) is 1.23. The van der Waals surface area contributed by atoms with E-state index in [2.05, 4.69) is 22.6 Å². The summed E-state index contributed by atoms with van der Waals surface area (Å²) < 4.78 is 14.0. The van der Waals surface area contributed by atoms with E-state index >= 15 is 0 Å². The van der Waals surface area contributed by atoms with Crippen LogP contribution < -0.4 is 0 Å². The van der Waals surface area contributed by atoms with Gasteiger partial charge in [-0.15, -0.1) is 0 Å². The average molecular weight is 280 g/mol. The molecule has 0 aromatic heterocycles. The van der Waals surface area contributed by atoms with Gasteiger partial charge < -0.3 is 5.11 Å². The summed E-state index contributed by atoms with van der Waals surface area (Å²) >= 11 is 2.14. The van der Waals surface area contributed by atoms with Crippen LogP contribution in [-0.4, -0.2) is 11.7 Å². The molecule has 1 N–H and O–H groups in total. The zero-order chi connectivity index (χ0) is 8.97. The van der Waals surface area contributed by atoms with Crippen molar-refractivity contribution in [3.05, 3.63) is 33.1 Å². The van der Waals surface area contributed by atoms with E-state index in [4.69, 9.17) is 5.11 Å². The summed E-state index contributed by atoms with van der Waals surface area (Å²) in [5, 5.41) is 8.56. The van der Waals surface area contributed by atoms with E-state index in [0.29, 0.717) is 18.4 Å². The molecule has 0 radical (unpaired) electrons. The highest BCUT2D eigenvalue weighted by molar-refractivity contribution is 14.1. The molecule has 1 aromatic carbocycles. The largest absolute Gasteiger partial charge is 0.396 e. The van der Waals surface area contributed by atoms with E-state index < -0.39 is 0 Å². The minimum Gasteiger partial charge on any atom is -0.396 e. The Labute approximate surface area is 84.7 Å². The van der Waals surface area contributed by atoms with Crippen LogP contribution in [0.15, 0.2) is 18.2 Å². The van der Waals surface area contributed by atoms with Gasteiger partial charge in [-0.05, 0) is 59.2 Å². The molecule has 0 spiro atoms. The Morgan fingerprint density at radius 3 is 2.83 bits per heavy atom. The van der Waals surface area contributed by atoms with Crippen LogP contribution in [0.25, 0.3) is 0 Å². The number of hydrogen-bond acceptors (Lipinski definition) is 1. The topological polar surface area (TPSA) is 20.2 Å². The van der Waals surface area contributed by atoms with E-state index in [1.54, 1.807) is 6.07 Å². The number of benzene rings is 1. The van der Waals surface area contributed by atoms with Gasteiger partial charge in [0.2, 0.25) is 0 Å². The van der Waals surface area contributed by atoms with Crippen LogP contribution in [-0.2, 0) is 6.42 Å². The van der Waals surface area contributed by atoms with Crippen molar-refractivity contribution in [3.8, 4) is 0 Å². The van der Waals surface area contributed by atoms with Gasteiger partial charge in [0.1, 0.15) is 5.82 Å². The van der Waals surface area contributed by atoms with Crippen LogP contribution in [0, 0.1) is 9.39 Å². The molecule has 0 saturated carbocycles. The summed E-state index contributed by atoms with van der Waals surface area (Å²) in [6.45, 7) is 0.116. The van der Waals surface area contributed by atoms with E-state index in [0.717, 1.165) is 3.57 Å². The Kier molecular flexibility index (Phi) is 3.94. The summed E-state index contributed by atoms with van der Waals surface area (Å²) in [7, 11) is 0. The lowest BCUT2D eigenvalue weighted by Crippen LogP contribution is -1.93. The first-order valence-corrected chi connectivity index (χ1v) is 4.86. The average Bonchev–Trinajstić information content (AvgIpc) is 2.07. The fourth-order valence-corrected chi connectivity index (χ4v) is 1.56. The van der Waals surface area contributed by atoms with E-state index in [9.17, 15) is 4.39 Å². The van der Waals surface area contributed by atoms with Crippen LogP contribution >= 0.6 is 22.6 Å². The monoisotopic (exact) mass is 280 g/mol. The number of aliphatic hydroxyl groups excluding tert-OH is 1. The van der Waals surface area contributed by atoms with Gasteiger partial charge in [-0.1, -0.05) is 0 Å². The predicted molar refractivity (Wildman–Crippen MR) is 54.5 cm³/mol. The highest BCUT2D eigenvalue weighted by Crippen LogP contribution is 2.13. The second-order valence-electron chi connectivity index (χ2n) is 2.56. The fraction of sp³-hybridized carbons (Fsp3) is 0.333. The molecule has 0 bridgehead atoms. The molecule has 12 heavy (non-hydrogen) atoms. The minimum atomic E-state index is -0.177. The molecule has 0 aliphatic heterocycles. The van der Waals surface area contributed by atoms with Crippen molar-refractivity contribution in [1.29, 1.82) is 0 Å². The summed E-state index contributed by atoms with van der Waals surface area (Å²) in [5.41, 5.74) is 0.691. The Bertz CT molecular complexity index is 263. The van der Waals surface area contributed by atoms with Crippen LogP contribution in [0.2, 0.25) is 0 Å². The standard InChI is InChI=1S/C9H10FIO/c10-9-4-3-8(11)6-7(9)2-1-5-12/h3-4,6,12H,1-2,5H2. The van der Waals surface area contributed by atoms with Crippen molar-refractivity contribution >= 4 is 22.6 Å². The highest BCUT2D eigenvalue weighted by Gasteiger charge is 2.01. The molecule has 0 unspecified atom stereocenters. The Hall–Kier alpha value is -0.160. The number of halogens is 2. The maximum atomic E-state index is 13.0. The van der Waals surface area contributed by atoms with Crippen LogP contribution in [0.3, 0.4) is 0 Å². The molecule has 1 nitrogen and oxygen atoms in total. The molecule has 0 amide bonds. The highest BCUT2D eigenvalue weighted by atomic mass is 127. The van der Waals surface area contributed by atoms with E-state index in [1.165, 1.54) is 6.07 Å². The lowest BCUT2D eigenvalue weighted by molar-refractivity contribution is 0.288. The molecule has 0 fully saturated rings. The third-order valence-corrected chi connectivity index (χ3v) is 2.28. The third kappa shape index (κ3) is 2.71. The third-order valence-electron chi connectivity index (χ3n) is 1.61. The second kappa shape index (κ2) is 4.77. The Morgan fingerprint density at radius 2 is 2.17 bits per heavy atom. The SMILES string of the molecule is OCCCc1cc(I)ccc1F. The first-order valence-electron chi connectivity index (χ1n) is 3.79. The number of hydrogen-bond donors (Lipinski definition) is 1. The van der Waals surface area contributed by atoms with E-state index in [1.807, 2.05) is 6.07 Å². The predicted octanol–water partition coefficient (Wildman–Crippen LogP) is 2.36. The van der Waals surface area contributed by atoms with Crippen molar-refractivity contribution < 1.29 is 9.50 Å². The quantitative estimate of drug-likeness (QED) is 0.843. The minimum absolute atomic E-state index is 0.116. The normalized spacial score (nSPS) is 10.2. The van der Waals surface area contributed by atoms with Crippen LogP contribution in [0.5, 0.6) is 0 Å². The molecular formula is C9H10FIO. The van der Waals surface area contributed by atoms with Gasteiger partial charge in [-0.25, -0.2) is 4.39 Å². The van der Waals surface area contributed by atoms with Gasteiger partial charge in [0.25, 0.3) is 0 Å². The molecule has 3 heteroatoms. The molecule has 66 valence electrons. The molecule has 0 atom stereocenters. The fourth-order valence-electron chi connectivity index (χ4n) is 1.00. The second-order valence-corrected chi connectivity index (χ2v) is 3.81. The summed E-state index contributed by atoms with van der Waals surface area (Å²) in [6, 6.07) is 5.01. The van der Waals surface area contributed by atoms with Crippen molar-refractivity contribution in [2.75, 3.05) is 6.61 Å². The number of aliphatic hydroxyl groups is 1.